The van der Waals surface area contributed by atoms with Gasteiger partial charge < -0.3 is 15.1 Å². The Morgan fingerprint density at radius 3 is 2.67 bits per heavy atom. The first-order valence-corrected chi connectivity index (χ1v) is 8.40. The van der Waals surface area contributed by atoms with E-state index in [9.17, 15) is 0 Å². The molecule has 1 N–H and O–H groups in total. The molecular weight excluding hydrogens is 260 g/mol. The molecule has 4 nitrogen and oxygen atoms in total. The molecule has 2 fully saturated rings. The number of piperidine rings is 1. The van der Waals surface area contributed by atoms with E-state index in [4.69, 9.17) is 4.98 Å². The number of likely N-dealkylation sites (tertiary alicyclic amines) is 1. The highest BCUT2D eigenvalue weighted by Crippen LogP contribution is 2.22. The Morgan fingerprint density at radius 2 is 2.00 bits per heavy atom. The van der Waals surface area contributed by atoms with Gasteiger partial charge in [0, 0.05) is 38.8 Å². The summed E-state index contributed by atoms with van der Waals surface area (Å²) in [5, 5.41) is 3.54. The first-order valence-electron chi connectivity index (χ1n) is 8.40. The maximum atomic E-state index is 4.84. The molecule has 0 spiro atoms. The number of aromatic nitrogens is 1. The van der Waals surface area contributed by atoms with E-state index >= 15 is 0 Å². The van der Waals surface area contributed by atoms with E-state index in [1.807, 2.05) is 0 Å². The number of nitrogens with one attached hydrogen (secondary N) is 1. The topological polar surface area (TPSA) is 31.4 Å². The van der Waals surface area contributed by atoms with Crippen molar-refractivity contribution >= 4 is 5.82 Å². The summed E-state index contributed by atoms with van der Waals surface area (Å²) in [5.74, 6) is 1.13. The van der Waals surface area contributed by atoms with Gasteiger partial charge in [0.25, 0.3) is 0 Å². The van der Waals surface area contributed by atoms with Gasteiger partial charge in [-0.1, -0.05) is 13.0 Å². The molecule has 0 bridgehead atoms. The molecule has 0 radical (unpaired) electrons. The van der Waals surface area contributed by atoms with Crippen LogP contribution >= 0.6 is 0 Å². The van der Waals surface area contributed by atoms with Crippen LogP contribution in [0.15, 0.2) is 18.2 Å². The summed E-state index contributed by atoms with van der Waals surface area (Å²) in [7, 11) is 2.20. The second kappa shape index (κ2) is 6.75. The number of pyridine rings is 1. The van der Waals surface area contributed by atoms with Gasteiger partial charge in [0.05, 0.1) is 5.69 Å². The molecule has 0 unspecified atom stereocenters. The van der Waals surface area contributed by atoms with Gasteiger partial charge in [-0.2, -0.15) is 0 Å². The Labute approximate surface area is 128 Å². The van der Waals surface area contributed by atoms with Crippen LogP contribution in [0, 0.1) is 0 Å². The average molecular weight is 288 g/mol. The second-order valence-corrected chi connectivity index (χ2v) is 6.42. The largest absolute Gasteiger partial charge is 0.357 e. The molecule has 1 saturated carbocycles. The molecule has 116 valence electrons. The van der Waals surface area contributed by atoms with E-state index in [0.29, 0.717) is 6.04 Å². The number of nitrogens with zero attached hydrogens (tertiary/aromatic N) is 3. The summed E-state index contributed by atoms with van der Waals surface area (Å²) < 4.78 is 0. The van der Waals surface area contributed by atoms with E-state index < -0.39 is 0 Å². The lowest BCUT2D eigenvalue weighted by atomic mass is 10.0. The van der Waals surface area contributed by atoms with Gasteiger partial charge >= 0.3 is 0 Å². The SMILES string of the molecule is CCN1CCC(N(C)c2cccc(CNC3CC3)n2)CC1. The summed E-state index contributed by atoms with van der Waals surface area (Å²) >= 11 is 0. The minimum Gasteiger partial charge on any atom is -0.357 e. The third-order valence-electron chi connectivity index (χ3n) is 4.85. The molecular formula is C17H28N4. The van der Waals surface area contributed by atoms with Gasteiger partial charge in [-0.3, -0.25) is 0 Å². The first-order chi connectivity index (χ1) is 10.3. The number of hydrogen-bond acceptors (Lipinski definition) is 4. The smallest absolute Gasteiger partial charge is 0.128 e. The van der Waals surface area contributed by atoms with E-state index in [-0.39, 0.29) is 0 Å². The molecule has 0 atom stereocenters. The van der Waals surface area contributed by atoms with Gasteiger partial charge in [0.2, 0.25) is 0 Å². The molecule has 4 heteroatoms. The van der Waals surface area contributed by atoms with Crippen LogP contribution < -0.4 is 10.2 Å². The maximum Gasteiger partial charge on any atom is 0.128 e. The van der Waals surface area contributed by atoms with Crippen LogP contribution in [0.3, 0.4) is 0 Å². The van der Waals surface area contributed by atoms with E-state index in [2.05, 4.69) is 47.3 Å². The van der Waals surface area contributed by atoms with Crippen molar-refractivity contribution in [2.75, 3.05) is 31.6 Å². The van der Waals surface area contributed by atoms with Crippen molar-refractivity contribution in [1.29, 1.82) is 0 Å². The fraction of sp³-hybridized carbons (Fsp3) is 0.706. The van der Waals surface area contributed by atoms with E-state index in [1.165, 1.54) is 45.3 Å². The highest BCUT2D eigenvalue weighted by Gasteiger charge is 2.23. The average Bonchev–Trinajstić information content (AvgIpc) is 3.37. The van der Waals surface area contributed by atoms with Crippen LogP contribution in [0.2, 0.25) is 0 Å². The monoisotopic (exact) mass is 288 g/mol. The van der Waals surface area contributed by atoms with Crippen molar-refractivity contribution in [2.24, 2.45) is 0 Å². The fourth-order valence-electron chi connectivity index (χ4n) is 3.11. The predicted octanol–water partition coefficient (Wildman–Crippen LogP) is 2.25. The van der Waals surface area contributed by atoms with Crippen molar-refractivity contribution in [1.82, 2.24) is 15.2 Å². The molecule has 0 amide bonds. The molecule has 1 aromatic rings. The molecule has 2 aliphatic rings. The van der Waals surface area contributed by atoms with E-state index in [0.717, 1.165) is 24.1 Å². The Kier molecular flexibility index (Phi) is 4.76. The third kappa shape index (κ3) is 3.95. The summed E-state index contributed by atoms with van der Waals surface area (Å²) in [6.45, 7) is 6.77. The standard InChI is InChI=1S/C17H28N4/c1-3-21-11-9-16(10-12-21)20(2)17-6-4-5-15(19-17)13-18-14-7-8-14/h4-6,14,16,18H,3,7-13H2,1-2H3. The minimum absolute atomic E-state index is 0.631. The molecule has 1 aliphatic carbocycles. The number of anilines is 1. The highest BCUT2D eigenvalue weighted by molar-refractivity contribution is 5.39. The third-order valence-corrected chi connectivity index (χ3v) is 4.85. The zero-order valence-electron chi connectivity index (χ0n) is 13.4. The lowest BCUT2D eigenvalue weighted by molar-refractivity contribution is 0.220. The van der Waals surface area contributed by atoms with Gasteiger partial charge in [0.1, 0.15) is 5.82 Å². The molecule has 0 aromatic carbocycles. The van der Waals surface area contributed by atoms with Crippen molar-refractivity contribution in [3.05, 3.63) is 23.9 Å². The fourth-order valence-corrected chi connectivity index (χ4v) is 3.11. The quantitative estimate of drug-likeness (QED) is 0.870. The Bertz CT molecular complexity index is 450. The molecule has 1 aliphatic heterocycles. The van der Waals surface area contributed by atoms with Crippen molar-refractivity contribution < 1.29 is 0 Å². The van der Waals surface area contributed by atoms with Gasteiger partial charge in [-0.25, -0.2) is 4.98 Å². The van der Waals surface area contributed by atoms with E-state index in [1.54, 1.807) is 0 Å². The van der Waals surface area contributed by atoms with Crippen LogP contribution in [-0.4, -0.2) is 48.6 Å². The Morgan fingerprint density at radius 1 is 1.24 bits per heavy atom. The van der Waals surface area contributed by atoms with Crippen molar-refractivity contribution in [3.63, 3.8) is 0 Å². The van der Waals surface area contributed by atoms with Crippen LogP contribution in [0.1, 0.15) is 38.3 Å². The Hall–Kier alpha value is -1.13. The lowest BCUT2D eigenvalue weighted by Crippen LogP contribution is -2.43. The van der Waals surface area contributed by atoms with Gasteiger partial charge in [0.15, 0.2) is 0 Å². The molecule has 1 aromatic heterocycles. The van der Waals surface area contributed by atoms with Gasteiger partial charge in [-0.15, -0.1) is 0 Å². The van der Waals surface area contributed by atoms with Crippen LogP contribution in [0.4, 0.5) is 5.82 Å². The summed E-state index contributed by atoms with van der Waals surface area (Å²) in [5.41, 5.74) is 1.16. The number of hydrogen-bond donors (Lipinski definition) is 1. The van der Waals surface area contributed by atoms with Crippen LogP contribution in [-0.2, 0) is 6.54 Å². The normalized spacial score (nSPS) is 20.7. The predicted molar refractivity (Wildman–Crippen MR) is 87.6 cm³/mol. The van der Waals surface area contributed by atoms with Crippen LogP contribution in [0.5, 0.6) is 0 Å². The zero-order chi connectivity index (χ0) is 14.7. The van der Waals surface area contributed by atoms with Gasteiger partial charge in [-0.05, 0) is 44.4 Å². The molecule has 3 rings (SSSR count). The zero-order valence-corrected chi connectivity index (χ0v) is 13.4. The van der Waals surface area contributed by atoms with Crippen molar-refractivity contribution in [3.8, 4) is 0 Å². The summed E-state index contributed by atoms with van der Waals surface area (Å²) in [4.78, 5) is 9.75. The highest BCUT2D eigenvalue weighted by atomic mass is 15.2. The first kappa shape index (κ1) is 14.8. The minimum atomic E-state index is 0.631. The van der Waals surface area contributed by atoms with Crippen LogP contribution in [0.25, 0.3) is 0 Å². The summed E-state index contributed by atoms with van der Waals surface area (Å²) in [6, 6.07) is 7.79. The lowest BCUT2D eigenvalue weighted by Gasteiger charge is -2.37. The Balaban J connectivity index is 1.58. The molecule has 21 heavy (non-hydrogen) atoms. The van der Waals surface area contributed by atoms with Crippen molar-refractivity contribution in [2.45, 2.75) is 51.2 Å². The second-order valence-electron chi connectivity index (χ2n) is 6.42. The summed E-state index contributed by atoms with van der Waals surface area (Å²) in [6.07, 6.45) is 5.15. The maximum absolute atomic E-state index is 4.84. The number of rotatable bonds is 6. The molecule has 1 saturated heterocycles. The molecule has 2 heterocycles.